The van der Waals surface area contributed by atoms with Gasteiger partial charge in [0.15, 0.2) is 0 Å². The number of rotatable bonds is 4. The molecular weight excluding hydrogens is 264 g/mol. The highest BCUT2D eigenvalue weighted by molar-refractivity contribution is 5.78. The Morgan fingerprint density at radius 2 is 2.14 bits per heavy atom. The summed E-state index contributed by atoms with van der Waals surface area (Å²) in [5.74, 6) is 3.61. The van der Waals surface area contributed by atoms with Gasteiger partial charge in [0.1, 0.15) is 11.5 Å². The van der Waals surface area contributed by atoms with E-state index in [1.165, 1.54) is 6.42 Å². The molecule has 2 saturated carbocycles. The highest BCUT2D eigenvalue weighted by atomic mass is 16.3. The van der Waals surface area contributed by atoms with Crippen LogP contribution in [0.25, 0.3) is 0 Å². The first kappa shape index (κ1) is 14.6. The number of amides is 1. The Morgan fingerprint density at radius 1 is 1.38 bits per heavy atom. The van der Waals surface area contributed by atoms with Crippen LogP contribution in [0.1, 0.15) is 56.5 Å². The second-order valence-electron chi connectivity index (χ2n) is 6.94. The summed E-state index contributed by atoms with van der Waals surface area (Å²) in [5, 5.41) is 0. The molecule has 4 unspecified atom stereocenters. The molecule has 2 fully saturated rings. The molecule has 0 aliphatic heterocycles. The highest BCUT2D eigenvalue weighted by Gasteiger charge is 2.36. The van der Waals surface area contributed by atoms with Crippen LogP contribution in [0.3, 0.4) is 0 Å². The number of carbonyl (C=O) groups is 1. The Hall–Kier alpha value is -1.29. The molecule has 2 aliphatic carbocycles. The van der Waals surface area contributed by atoms with Gasteiger partial charge >= 0.3 is 0 Å². The molecule has 0 aromatic carbocycles. The van der Waals surface area contributed by atoms with Crippen molar-refractivity contribution < 1.29 is 9.21 Å². The van der Waals surface area contributed by atoms with E-state index in [4.69, 9.17) is 10.2 Å². The van der Waals surface area contributed by atoms with Gasteiger partial charge in [0, 0.05) is 24.9 Å². The van der Waals surface area contributed by atoms with Crippen molar-refractivity contribution >= 4 is 5.91 Å². The molecule has 2 N–H and O–H groups in total. The number of furan rings is 1. The summed E-state index contributed by atoms with van der Waals surface area (Å²) < 4.78 is 5.89. The fourth-order valence-corrected chi connectivity index (χ4v) is 3.47. The van der Waals surface area contributed by atoms with Gasteiger partial charge in [-0.15, -0.1) is 0 Å². The lowest BCUT2D eigenvalue weighted by Gasteiger charge is -2.29. The molecule has 1 aromatic rings. The van der Waals surface area contributed by atoms with Gasteiger partial charge < -0.3 is 15.1 Å². The minimum atomic E-state index is 0.0941. The molecule has 1 heterocycles. The lowest BCUT2D eigenvalue weighted by molar-refractivity contribution is -0.136. The van der Waals surface area contributed by atoms with Gasteiger partial charge in [0.2, 0.25) is 5.91 Å². The van der Waals surface area contributed by atoms with Crippen LogP contribution in [0.2, 0.25) is 0 Å². The van der Waals surface area contributed by atoms with E-state index in [9.17, 15) is 4.79 Å². The number of nitrogens with zero attached hydrogens (tertiary/aromatic N) is 1. The second-order valence-corrected chi connectivity index (χ2v) is 6.94. The average Bonchev–Trinajstić information content (AvgIpc) is 3.01. The Bertz CT molecular complexity index is 511. The smallest absolute Gasteiger partial charge is 0.225 e. The van der Waals surface area contributed by atoms with E-state index >= 15 is 0 Å². The minimum absolute atomic E-state index is 0.0941. The average molecular weight is 290 g/mol. The van der Waals surface area contributed by atoms with Gasteiger partial charge in [-0.25, -0.2) is 0 Å². The summed E-state index contributed by atoms with van der Waals surface area (Å²) in [6.07, 6.45) is 5.14. The standard InChI is InChI=1S/C17H26N2O2/c1-11-8-15(11)16-7-6-14(21-16)10-19(2)17(20)12-4-3-5-13(18)9-12/h6-7,11-13,15H,3-5,8-10,18H2,1-2H3. The molecule has 0 spiro atoms. The van der Waals surface area contributed by atoms with Crippen molar-refractivity contribution in [2.24, 2.45) is 17.6 Å². The van der Waals surface area contributed by atoms with Gasteiger partial charge in [-0.1, -0.05) is 13.3 Å². The van der Waals surface area contributed by atoms with Crippen molar-refractivity contribution in [3.63, 3.8) is 0 Å². The Morgan fingerprint density at radius 3 is 2.81 bits per heavy atom. The molecule has 0 bridgehead atoms. The Kier molecular flexibility index (Phi) is 4.07. The summed E-state index contributed by atoms with van der Waals surface area (Å²) in [5.41, 5.74) is 5.98. The van der Waals surface area contributed by atoms with Gasteiger partial charge in [-0.2, -0.15) is 0 Å². The van der Waals surface area contributed by atoms with Crippen molar-refractivity contribution in [2.75, 3.05) is 7.05 Å². The zero-order chi connectivity index (χ0) is 15.0. The third-order valence-corrected chi connectivity index (χ3v) is 4.99. The third-order valence-electron chi connectivity index (χ3n) is 4.99. The lowest BCUT2D eigenvalue weighted by Crippen LogP contribution is -2.38. The van der Waals surface area contributed by atoms with E-state index in [1.807, 2.05) is 13.1 Å². The summed E-state index contributed by atoms with van der Waals surface area (Å²) in [6.45, 7) is 2.81. The Labute approximate surface area is 126 Å². The fraction of sp³-hybridized carbons (Fsp3) is 0.706. The zero-order valence-electron chi connectivity index (χ0n) is 13.0. The summed E-state index contributed by atoms with van der Waals surface area (Å²) >= 11 is 0. The lowest BCUT2D eigenvalue weighted by atomic mass is 9.85. The molecule has 2 aliphatic rings. The van der Waals surface area contributed by atoms with Crippen LogP contribution in [-0.2, 0) is 11.3 Å². The molecule has 1 amide bonds. The Balaban J connectivity index is 1.56. The molecule has 1 aromatic heterocycles. The predicted molar refractivity (Wildman–Crippen MR) is 81.6 cm³/mol. The fourth-order valence-electron chi connectivity index (χ4n) is 3.47. The molecule has 0 saturated heterocycles. The van der Waals surface area contributed by atoms with Gasteiger partial charge in [-0.05, 0) is 43.7 Å². The molecular formula is C17H26N2O2. The van der Waals surface area contributed by atoms with Crippen LogP contribution >= 0.6 is 0 Å². The summed E-state index contributed by atoms with van der Waals surface area (Å²) in [4.78, 5) is 14.3. The van der Waals surface area contributed by atoms with Gasteiger partial charge in [0.25, 0.3) is 0 Å². The number of hydrogen-bond acceptors (Lipinski definition) is 3. The maximum absolute atomic E-state index is 12.5. The van der Waals surface area contributed by atoms with Crippen molar-refractivity contribution in [3.8, 4) is 0 Å². The van der Waals surface area contributed by atoms with E-state index in [-0.39, 0.29) is 17.9 Å². The van der Waals surface area contributed by atoms with Gasteiger partial charge in [0.05, 0.1) is 6.54 Å². The van der Waals surface area contributed by atoms with E-state index < -0.39 is 0 Å². The maximum Gasteiger partial charge on any atom is 0.225 e. The van der Waals surface area contributed by atoms with Crippen molar-refractivity contribution in [2.45, 2.75) is 57.5 Å². The monoisotopic (exact) mass is 290 g/mol. The first-order chi connectivity index (χ1) is 10.0. The highest BCUT2D eigenvalue weighted by Crippen LogP contribution is 2.47. The summed E-state index contributed by atoms with van der Waals surface area (Å²) in [6, 6.07) is 4.27. The largest absolute Gasteiger partial charge is 0.464 e. The van der Waals surface area contributed by atoms with Crippen molar-refractivity contribution in [1.29, 1.82) is 0 Å². The molecule has 4 nitrogen and oxygen atoms in total. The van der Waals surface area contributed by atoms with E-state index in [1.54, 1.807) is 4.90 Å². The van der Waals surface area contributed by atoms with Crippen LogP contribution in [0, 0.1) is 11.8 Å². The van der Waals surface area contributed by atoms with E-state index in [2.05, 4.69) is 13.0 Å². The zero-order valence-corrected chi connectivity index (χ0v) is 13.0. The number of nitrogens with two attached hydrogens (primary N) is 1. The van der Waals surface area contributed by atoms with Gasteiger partial charge in [-0.3, -0.25) is 4.79 Å². The van der Waals surface area contributed by atoms with Crippen LogP contribution in [0.15, 0.2) is 16.5 Å². The topological polar surface area (TPSA) is 59.5 Å². The minimum Gasteiger partial charge on any atom is -0.464 e. The molecule has 116 valence electrons. The maximum atomic E-state index is 12.5. The molecule has 4 atom stereocenters. The number of carbonyl (C=O) groups excluding carboxylic acids is 1. The van der Waals surface area contributed by atoms with Crippen LogP contribution in [0.4, 0.5) is 0 Å². The van der Waals surface area contributed by atoms with Crippen molar-refractivity contribution in [3.05, 3.63) is 23.7 Å². The van der Waals surface area contributed by atoms with E-state index in [0.29, 0.717) is 12.5 Å². The molecule has 3 rings (SSSR count). The number of hydrogen-bond donors (Lipinski definition) is 1. The quantitative estimate of drug-likeness (QED) is 0.927. The first-order valence-electron chi connectivity index (χ1n) is 8.13. The van der Waals surface area contributed by atoms with Crippen LogP contribution < -0.4 is 5.73 Å². The predicted octanol–water partition coefficient (Wildman–Crippen LogP) is 2.88. The SMILES string of the molecule is CC1CC1c1ccc(CN(C)C(=O)C2CCCC(N)C2)o1. The summed E-state index contributed by atoms with van der Waals surface area (Å²) in [7, 11) is 1.87. The molecule has 4 heteroatoms. The van der Waals surface area contributed by atoms with Crippen LogP contribution in [-0.4, -0.2) is 23.9 Å². The van der Waals surface area contributed by atoms with E-state index in [0.717, 1.165) is 43.1 Å². The molecule has 21 heavy (non-hydrogen) atoms. The van der Waals surface area contributed by atoms with Crippen LogP contribution in [0.5, 0.6) is 0 Å². The molecule has 0 radical (unpaired) electrons. The normalized spacial score (nSPS) is 32.0. The second kappa shape index (κ2) is 5.84. The third kappa shape index (κ3) is 3.31. The van der Waals surface area contributed by atoms with Crippen molar-refractivity contribution in [1.82, 2.24) is 4.90 Å². The first-order valence-corrected chi connectivity index (χ1v) is 8.13.